The van der Waals surface area contributed by atoms with Crippen molar-refractivity contribution in [2.75, 3.05) is 45.3 Å². The van der Waals surface area contributed by atoms with Crippen molar-refractivity contribution in [3.8, 4) is 0 Å². The summed E-state index contributed by atoms with van der Waals surface area (Å²) >= 11 is 1.35. The number of amides is 2. The topological polar surface area (TPSA) is 93.7 Å². The molecule has 0 saturated heterocycles. The van der Waals surface area contributed by atoms with Crippen LogP contribution in [0, 0.1) is 11.8 Å². The molecule has 30 heavy (non-hydrogen) atoms. The van der Waals surface area contributed by atoms with Crippen molar-refractivity contribution in [2.24, 2.45) is 11.8 Å². The quantitative estimate of drug-likeness (QED) is 0.332. The maximum atomic E-state index is 12.4. The zero-order valence-corrected chi connectivity index (χ0v) is 20.9. The highest BCUT2D eigenvalue weighted by Crippen LogP contribution is 2.17. The molecule has 1 atom stereocenters. The highest BCUT2D eigenvalue weighted by Gasteiger charge is 2.22. The Labute approximate surface area is 187 Å². The summed E-state index contributed by atoms with van der Waals surface area (Å²) in [7, 11) is 0. The summed E-state index contributed by atoms with van der Waals surface area (Å²) in [5, 5.41) is 5.06. The van der Waals surface area contributed by atoms with Gasteiger partial charge in [0.1, 0.15) is 5.78 Å². The third-order valence-electron chi connectivity index (χ3n) is 3.74. The highest BCUT2D eigenvalue weighted by molar-refractivity contribution is 8.00. The molecular weight excluding hydrogens is 404 g/mol. The first-order chi connectivity index (χ1) is 14.3. The standard InChI is InChI=1S/C20H38N2O5S.C2H6/c1-6-26-10-9-22-20(25)18(28-12-7-17(23)16(4)5)13-19(24)21-8-11-27-14-15(2)3;1-2/h15-16,18H,6-14H2,1-5H3,(H,21,24)(H,22,25);1-2H3. The minimum absolute atomic E-state index is 0.0202. The van der Waals surface area contributed by atoms with E-state index in [-0.39, 0.29) is 29.9 Å². The molecule has 0 rings (SSSR count). The van der Waals surface area contributed by atoms with Gasteiger partial charge in [0.05, 0.1) is 18.5 Å². The van der Waals surface area contributed by atoms with E-state index >= 15 is 0 Å². The molecule has 178 valence electrons. The molecule has 1 unspecified atom stereocenters. The summed E-state index contributed by atoms with van der Waals surface area (Å²) in [5.74, 6) is 0.716. The molecule has 0 aromatic heterocycles. The Hall–Kier alpha value is -1.12. The van der Waals surface area contributed by atoms with E-state index in [4.69, 9.17) is 9.47 Å². The van der Waals surface area contributed by atoms with Crippen LogP contribution in [-0.2, 0) is 23.9 Å². The SMILES string of the molecule is CC.CCOCCNC(=O)C(CC(=O)NCCOCC(C)C)SCCC(=O)C(C)C. The fourth-order valence-corrected chi connectivity index (χ4v) is 3.25. The first-order valence-electron chi connectivity index (χ1n) is 11.1. The van der Waals surface area contributed by atoms with E-state index in [1.165, 1.54) is 11.8 Å². The van der Waals surface area contributed by atoms with Gasteiger partial charge in [-0.25, -0.2) is 0 Å². The van der Waals surface area contributed by atoms with Crippen LogP contribution < -0.4 is 10.6 Å². The number of nitrogens with one attached hydrogen (secondary N) is 2. The summed E-state index contributed by atoms with van der Waals surface area (Å²) in [4.78, 5) is 36.4. The first-order valence-corrected chi connectivity index (χ1v) is 12.2. The molecule has 0 spiro atoms. The van der Waals surface area contributed by atoms with Gasteiger partial charge in [-0.05, 0) is 12.8 Å². The number of Topliss-reactive ketones (excluding diaryl/α,β-unsaturated/α-hetero) is 1. The van der Waals surface area contributed by atoms with Gasteiger partial charge in [-0.2, -0.15) is 0 Å². The Balaban J connectivity index is 0. The Morgan fingerprint density at radius 2 is 1.53 bits per heavy atom. The molecule has 2 N–H and O–H groups in total. The lowest BCUT2D eigenvalue weighted by Crippen LogP contribution is -2.39. The molecule has 0 fully saturated rings. The molecule has 0 aliphatic rings. The normalized spacial score (nSPS) is 11.6. The van der Waals surface area contributed by atoms with Crippen molar-refractivity contribution in [1.82, 2.24) is 10.6 Å². The van der Waals surface area contributed by atoms with Gasteiger partial charge >= 0.3 is 0 Å². The third kappa shape index (κ3) is 18.9. The van der Waals surface area contributed by atoms with Gasteiger partial charge < -0.3 is 20.1 Å². The second-order valence-electron chi connectivity index (χ2n) is 7.24. The van der Waals surface area contributed by atoms with Crippen molar-refractivity contribution in [3.63, 3.8) is 0 Å². The Bertz CT molecular complexity index is 459. The molecule has 0 aromatic carbocycles. The second-order valence-corrected chi connectivity index (χ2v) is 8.55. The lowest BCUT2D eigenvalue weighted by Gasteiger charge is -2.17. The summed E-state index contributed by atoms with van der Waals surface area (Å²) < 4.78 is 10.7. The Morgan fingerprint density at radius 3 is 2.10 bits per heavy atom. The van der Waals surface area contributed by atoms with Gasteiger partial charge in [0.15, 0.2) is 0 Å². The number of thioether (sulfide) groups is 1. The lowest BCUT2D eigenvalue weighted by atomic mass is 10.1. The van der Waals surface area contributed by atoms with Gasteiger partial charge in [0, 0.05) is 50.8 Å². The summed E-state index contributed by atoms with van der Waals surface area (Å²) in [6.07, 6.45) is 0.473. The number of carbonyl (C=O) groups is 3. The minimum atomic E-state index is -0.529. The van der Waals surface area contributed by atoms with Crippen LogP contribution in [0.5, 0.6) is 0 Å². The fraction of sp³-hybridized carbons (Fsp3) is 0.864. The van der Waals surface area contributed by atoms with Gasteiger partial charge in [-0.3, -0.25) is 14.4 Å². The van der Waals surface area contributed by atoms with Gasteiger partial charge in [-0.1, -0.05) is 41.5 Å². The molecule has 2 amide bonds. The van der Waals surface area contributed by atoms with E-state index in [1.807, 2.05) is 34.6 Å². The van der Waals surface area contributed by atoms with Crippen LogP contribution in [-0.4, -0.2) is 68.1 Å². The molecule has 0 bridgehead atoms. The van der Waals surface area contributed by atoms with Crippen molar-refractivity contribution < 1.29 is 23.9 Å². The largest absolute Gasteiger partial charge is 0.380 e. The zero-order valence-electron chi connectivity index (χ0n) is 20.0. The van der Waals surface area contributed by atoms with Gasteiger partial charge in [0.25, 0.3) is 0 Å². The van der Waals surface area contributed by atoms with E-state index in [1.54, 1.807) is 0 Å². The number of carbonyl (C=O) groups excluding carboxylic acids is 3. The molecule has 0 aliphatic heterocycles. The molecule has 0 saturated carbocycles. The lowest BCUT2D eigenvalue weighted by molar-refractivity contribution is -0.126. The van der Waals surface area contributed by atoms with E-state index in [0.29, 0.717) is 57.6 Å². The molecule has 0 aromatic rings. The number of rotatable bonds is 17. The van der Waals surface area contributed by atoms with E-state index in [0.717, 1.165) is 0 Å². The highest BCUT2D eigenvalue weighted by atomic mass is 32.2. The van der Waals surface area contributed by atoms with Crippen molar-refractivity contribution in [2.45, 2.75) is 66.6 Å². The van der Waals surface area contributed by atoms with Crippen LogP contribution in [0.2, 0.25) is 0 Å². The molecule has 8 heteroatoms. The van der Waals surface area contributed by atoms with Crippen LogP contribution in [0.15, 0.2) is 0 Å². The Kier molecular flexibility index (Phi) is 21.9. The minimum Gasteiger partial charge on any atom is -0.380 e. The van der Waals surface area contributed by atoms with Crippen LogP contribution in [0.1, 0.15) is 61.3 Å². The summed E-state index contributed by atoms with van der Waals surface area (Å²) in [6, 6.07) is 0. The Morgan fingerprint density at radius 1 is 0.933 bits per heavy atom. The number of ether oxygens (including phenoxy) is 2. The molecule has 0 aliphatic carbocycles. The van der Waals surface area contributed by atoms with Crippen LogP contribution in [0.4, 0.5) is 0 Å². The maximum absolute atomic E-state index is 12.4. The van der Waals surface area contributed by atoms with Crippen molar-refractivity contribution in [3.05, 3.63) is 0 Å². The monoisotopic (exact) mass is 448 g/mol. The average Bonchev–Trinajstić information content (AvgIpc) is 2.71. The summed E-state index contributed by atoms with van der Waals surface area (Å²) in [5.41, 5.74) is 0. The maximum Gasteiger partial charge on any atom is 0.233 e. The van der Waals surface area contributed by atoms with Crippen LogP contribution >= 0.6 is 11.8 Å². The van der Waals surface area contributed by atoms with Crippen molar-refractivity contribution >= 4 is 29.4 Å². The number of hydrogen-bond acceptors (Lipinski definition) is 6. The van der Waals surface area contributed by atoms with Crippen LogP contribution in [0.3, 0.4) is 0 Å². The molecular formula is C22H44N2O5S. The van der Waals surface area contributed by atoms with Gasteiger partial charge in [-0.15, -0.1) is 11.8 Å². The summed E-state index contributed by atoms with van der Waals surface area (Å²) in [6.45, 7) is 16.7. The molecule has 0 heterocycles. The van der Waals surface area contributed by atoms with E-state index in [2.05, 4.69) is 24.5 Å². The van der Waals surface area contributed by atoms with Crippen LogP contribution in [0.25, 0.3) is 0 Å². The number of hydrogen-bond donors (Lipinski definition) is 2. The predicted octanol–water partition coefficient (Wildman–Crippen LogP) is 3.06. The van der Waals surface area contributed by atoms with Gasteiger partial charge in [0.2, 0.25) is 11.8 Å². The second kappa shape index (κ2) is 21.1. The van der Waals surface area contributed by atoms with Crippen molar-refractivity contribution in [1.29, 1.82) is 0 Å². The smallest absolute Gasteiger partial charge is 0.233 e. The molecule has 7 nitrogen and oxygen atoms in total. The molecule has 0 radical (unpaired) electrons. The zero-order chi connectivity index (χ0) is 23.4. The predicted molar refractivity (Wildman–Crippen MR) is 125 cm³/mol. The average molecular weight is 449 g/mol. The third-order valence-corrected chi connectivity index (χ3v) is 4.97. The number of ketones is 1. The van der Waals surface area contributed by atoms with E-state index < -0.39 is 5.25 Å². The van der Waals surface area contributed by atoms with E-state index in [9.17, 15) is 14.4 Å². The fourth-order valence-electron chi connectivity index (χ4n) is 2.14. The first kappa shape index (κ1) is 31.1.